The van der Waals surface area contributed by atoms with E-state index in [4.69, 9.17) is 9.97 Å². The Labute approximate surface area is 173 Å². The zero-order valence-corrected chi connectivity index (χ0v) is 16.6. The molecule has 6 nitrogen and oxygen atoms in total. The van der Waals surface area contributed by atoms with E-state index in [-0.39, 0.29) is 5.82 Å². The third kappa shape index (κ3) is 2.69. The SMILES string of the molecule is Cc1cc(N2C[C@@H]3C[C@H]2CN3)nc2c1nc(-c1ccc(F)cc1)n2-c1ccncc1. The molecule has 2 aliphatic rings. The maximum Gasteiger partial charge on any atom is 0.167 e. The predicted octanol–water partition coefficient (Wildman–Crippen LogP) is 3.48. The van der Waals surface area contributed by atoms with E-state index in [0.717, 1.165) is 52.7 Å². The number of benzene rings is 1. The summed E-state index contributed by atoms with van der Waals surface area (Å²) in [7, 11) is 0. The van der Waals surface area contributed by atoms with Crippen LogP contribution in [0, 0.1) is 12.7 Å². The molecule has 0 unspecified atom stereocenters. The van der Waals surface area contributed by atoms with Gasteiger partial charge < -0.3 is 10.2 Å². The number of piperazine rings is 1. The van der Waals surface area contributed by atoms with Crippen molar-refractivity contribution >= 4 is 17.0 Å². The van der Waals surface area contributed by atoms with E-state index < -0.39 is 0 Å². The molecule has 2 atom stereocenters. The number of hydrogen-bond donors (Lipinski definition) is 1. The highest BCUT2D eigenvalue weighted by molar-refractivity contribution is 5.84. The average Bonchev–Trinajstić information content (AvgIpc) is 3.49. The molecule has 3 aromatic heterocycles. The number of hydrogen-bond acceptors (Lipinski definition) is 5. The fraction of sp³-hybridized carbons (Fsp3) is 0.261. The number of nitrogens with zero attached hydrogens (tertiary/aromatic N) is 5. The summed E-state index contributed by atoms with van der Waals surface area (Å²) in [4.78, 5) is 16.6. The molecular weight excluding hydrogens is 379 g/mol. The van der Waals surface area contributed by atoms with Gasteiger partial charge in [-0.3, -0.25) is 9.55 Å². The molecule has 0 spiro atoms. The van der Waals surface area contributed by atoms with Crippen LogP contribution < -0.4 is 10.2 Å². The minimum absolute atomic E-state index is 0.264. The fourth-order valence-electron chi connectivity index (χ4n) is 4.70. The van der Waals surface area contributed by atoms with E-state index in [1.165, 1.54) is 18.6 Å². The molecule has 0 radical (unpaired) electrons. The van der Waals surface area contributed by atoms with Gasteiger partial charge in [-0.05, 0) is 61.4 Å². The first-order chi connectivity index (χ1) is 14.7. The summed E-state index contributed by atoms with van der Waals surface area (Å²) in [5.74, 6) is 1.48. The second-order valence-electron chi connectivity index (χ2n) is 8.10. The van der Waals surface area contributed by atoms with Crippen LogP contribution in [0.3, 0.4) is 0 Å². The molecule has 150 valence electrons. The fourth-order valence-corrected chi connectivity index (χ4v) is 4.70. The summed E-state index contributed by atoms with van der Waals surface area (Å²) < 4.78 is 15.6. The van der Waals surface area contributed by atoms with Crippen LogP contribution in [0.4, 0.5) is 10.2 Å². The molecule has 4 aromatic rings. The van der Waals surface area contributed by atoms with Crippen LogP contribution in [-0.4, -0.2) is 44.7 Å². The second-order valence-corrected chi connectivity index (χ2v) is 8.10. The van der Waals surface area contributed by atoms with Gasteiger partial charge in [0.1, 0.15) is 23.0 Å². The maximum atomic E-state index is 13.5. The summed E-state index contributed by atoms with van der Waals surface area (Å²) in [6.45, 7) is 4.07. The Morgan fingerprint density at radius 2 is 1.87 bits per heavy atom. The molecule has 30 heavy (non-hydrogen) atoms. The predicted molar refractivity (Wildman–Crippen MR) is 114 cm³/mol. The van der Waals surface area contributed by atoms with Crippen molar-refractivity contribution in [2.24, 2.45) is 0 Å². The van der Waals surface area contributed by atoms with Crippen molar-refractivity contribution in [3.8, 4) is 17.1 Å². The molecule has 2 saturated heterocycles. The molecule has 5 heterocycles. The summed E-state index contributed by atoms with van der Waals surface area (Å²) >= 11 is 0. The highest BCUT2D eigenvalue weighted by Gasteiger charge is 2.38. The lowest BCUT2D eigenvalue weighted by molar-refractivity contribution is 0.576. The van der Waals surface area contributed by atoms with E-state index in [0.29, 0.717) is 12.1 Å². The first-order valence-electron chi connectivity index (χ1n) is 10.2. The van der Waals surface area contributed by atoms with Crippen LogP contribution in [0.2, 0.25) is 0 Å². The third-order valence-corrected chi connectivity index (χ3v) is 6.17. The zero-order chi connectivity index (χ0) is 20.2. The number of fused-ring (bicyclic) bond motifs is 3. The van der Waals surface area contributed by atoms with Crippen LogP contribution in [0.25, 0.3) is 28.2 Å². The highest BCUT2D eigenvalue weighted by Crippen LogP contribution is 2.34. The van der Waals surface area contributed by atoms with Gasteiger partial charge in [-0.2, -0.15) is 0 Å². The number of nitrogens with one attached hydrogen (secondary N) is 1. The van der Waals surface area contributed by atoms with Gasteiger partial charge in [0.25, 0.3) is 0 Å². The molecule has 7 heteroatoms. The van der Waals surface area contributed by atoms with Crippen molar-refractivity contribution in [3.63, 3.8) is 0 Å². The first-order valence-corrected chi connectivity index (χ1v) is 10.2. The molecule has 6 rings (SSSR count). The van der Waals surface area contributed by atoms with Crippen LogP contribution >= 0.6 is 0 Å². The van der Waals surface area contributed by atoms with Gasteiger partial charge in [-0.1, -0.05) is 0 Å². The molecule has 0 aliphatic carbocycles. The third-order valence-electron chi connectivity index (χ3n) is 6.17. The Balaban J connectivity index is 1.59. The van der Waals surface area contributed by atoms with E-state index >= 15 is 0 Å². The minimum atomic E-state index is -0.264. The van der Waals surface area contributed by atoms with Crippen LogP contribution in [-0.2, 0) is 0 Å². The molecule has 2 fully saturated rings. The summed E-state index contributed by atoms with van der Waals surface area (Å²) in [6.07, 6.45) is 4.69. The van der Waals surface area contributed by atoms with E-state index in [9.17, 15) is 4.39 Å². The van der Waals surface area contributed by atoms with Gasteiger partial charge in [-0.15, -0.1) is 0 Å². The van der Waals surface area contributed by atoms with E-state index in [2.05, 4.69) is 28.2 Å². The second kappa shape index (κ2) is 6.60. The number of pyridine rings is 2. The topological polar surface area (TPSA) is 58.9 Å². The molecule has 0 amide bonds. The molecule has 2 bridgehead atoms. The van der Waals surface area contributed by atoms with Crippen LogP contribution in [0.5, 0.6) is 0 Å². The van der Waals surface area contributed by atoms with Crippen molar-refractivity contribution in [1.82, 2.24) is 24.8 Å². The average molecular weight is 400 g/mol. The van der Waals surface area contributed by atoms with Gasteiger partial charge in [0.05, 0.1) is 5.69 Å². The molecule has 1 aromatic carbocycles. The number of halogens is 1. The van der Waals surface area contributed by atoms with E-state index in [1.807, 2.05) is 16.7 Å². The first kappa shape index (κ1) is 17.5. The normalized spacial score (nSPS) is 20.4. The highest BCUT2D eigenvalue weighted by atomic mass is 19.1. The lowest BCUT2D eigenvalue weighted by Gasteiger charge is -2.28. The Morgan fingerprint density at radius 1 is 1.07 bits per heavy atom. The number of anilines is 1. The lowest BCUT2D eigenvalue weighted by Crippen LogP contribution is -2.44. The van der Waals surface area contributed by atoms with E-state index in [1.54, 1.807) is 24.5 Å². The summed E-state index contributed by atoms with van der Waals surface area (Å²) in [6, 6.07) is 13.5. The molecule has 0 saturated carbocycles. The maximum absolute atomic E-state index is 13.5. The Morgan fingerprint density at radius 3 is 2.57 bits per heavy atom. The van der Waals surface area contributed by atoms with Crippen molar-refractivity contribution < 1.29 is 4.39 Å². The van der Waals surface area contributed by atoms with Gasteiger partial charge in [0.15, 0.2) is 5.65 Å². The van der Waals surface area contributed by atoms with Gasteiger partial charge >= 0.3 is 0 Å². The lowest BCUT2D eigenvalue weighted by atomic mass is 10.2. The largest absolute Gasteiger partial charge is 0.351 e. The van der Waals surface area contributed by atoms with Crippen molar-refractivity contribution in [3.05, 3.63) is 66.2 Å². The zero-order valence-electron chi connectivity index (χ0n) is 16.6. The monoisotopic (exact) mass is 400 g/mol. The van der Waals surface area contributed by atoms with Crippen LogP contribution in [0.15, 0.2) is 54.9 Å². The Hall–Kier alpha value is -3.32. The number of imidazole rings is 1. The smallest absolute Gasteiger partial charge is 0.167 e. The quantitative estimate of drug-likeness (QED) is 0.571. The van der Waals surface area contributed by atoms with Crippen molar-refractivity contribution in [2.75, 3.05) is 18.0 Å². The Bertz CT molecular complexity index is 1230. The summed E-state index contributed by atoms with van der Waals surface area (Å²) in [5.41, 5.74) is 4.53. The van der Waals surface area contributed by atoms with Crippen LogP contribution in [0.1, 0.15) is 12.0 Å². The summed E-state index contributed by atoms with van der Waals surface area (Å²) in [5, 5.41) is 3.55. The molecule has 2 aliphatic heterocycles. The number of aromatic nitrogens is 4. The van der Waals surface area contributed by atoms with Gasteiger partial charge in [0, 0.05) is 43.1 Å². The van der Waals surface area contributed by atoms with Gasteiger partial charge in [-0.25, -0.2) is 14.4 Å². The van der Waals surface area contributed by atoms with Gasteiger partial charge in [0.2, 0.25) is 0 Å². The number of rotatable bonds is 3. The van der Waals surface area contributed by atoms with Crippen molar-refractivity contribution in [2.45, 2.75) is 25.4 Å². The van der Waals surface area contributed by atoms with Crippen molar-refractivity contribution in [1.29, 1.82) is 0 Å². The number of aryl methyl sites for hydroxylation is 1. The Kier molecular flexibility index (Phi) is 3.86. The molecule has 1 N–H and O–H groups in total. The standard InChI is InChI=1S/C23H21FN6/c1-14-10-20(29-13-17-11-19(29)12-26-17)27-23-21(14)28-22(15-2-4-16(24)5-3-15)30(23)18-6-8-25-9-7-18/h2-10,17,19,26H,11-13H2,1H3/t17-,19-/m0/s1. The molecular formula is C23H21FN6. The minimum Gasteiger partial charge on any atom is -0.351 e.